The van der Waals surface area contributed by atoms with Gasteiger partial charge in [0, 0.05) is 11.7 Å². The summed E-state index contributed by atoms with van der Waals surface area (Å²) in [5.74, 6) is -0.607. The van der Waals surface area contributed by atoms with Gasteiger partial charge in [-0.3, -0.25) is 9.59 Å². The molecule has 0 aliphatic heterocycles. The number of fused-ring (bicyclic) bond motifs is 1. The lowest BCUT2D eigenvalue weighted by Crippen LogP contribution is -2.55. The normalized spacial score (nSPS) is 13.7. The van der Waals surface area contributed by atoms with Crippen LogP contribution in [0.4, 0.5) is 10.5 Å². The van der Waals surface area contributed by atoms with E-state index in [-0.39, 0.29) is 23.6 Å². The maximum Gasteiger partial charge on any atom is 0.408 e. The van der Waals surface area contributed by atoms with Crippen LogP contribution < -0.4 is 10.6 Å². The third kappa shape index (κ3) is 8.47. The lowest BCUT2D eigenvalue weighted by atomic mass is 9.96. The number of carbonyl (C=O) groups is 3. The first-order chi connectivity index (χ1) is 19.7. The van der Waals surface area contributed by atoms with Gasteiger partial charge >= 0.3 is 6.09 Å². The SMILES string of the molecule is CCC(C)N(C(=O)C(CC(C)C)NC(=O)OC(C)(C)C)C(C(=O)Nc1ccc2ccccc2c1)c1ccc(O)c(C)c1. The van der Waals surface area contributed by atoms with Crippen molar-refractivity contribution in [2.75, 3.05) is 5.32 Å². The third-order valence-corrected chi connectivity index (χ3v) is 7.10. The van der Waals surface area contributed by atoms with E-state index < -0.39 is 29.7 Å². The smallest absolute Gasteiger partial charge is 0.408 e. The highest BCUT2D eigenvalue weighted by molar-refractivity contribution is 6.00. The summed E-state index contributed by atoms with van der Waals surface area (Å²) in [5.41, 5.74) is 0.995. The summed E-state index contributed by atoms with van der Waals surface area (Å²) in [5, 5.41) is 18.1. The summed E-state index contributed by atoms with van der Waals surface area (Å²) in [4.78, 5) is 43.0. The molecule has 0 heterocycles. The van der Waals surface area contributed by atoms with Gasteiger partial charge in [0.05, 0.1) is 0 Å². The number of rotatable bonds is 10. The predicted molar refractivity (Wildman–Crippen MR) is 167 cm³/mol. The summed E-state index contributed by atoms with van der Waals surface area (Å²) >= 11 is 0. The topological polar surface area (TPSA) is 108 Å². The Morgan fingerprint density at radius 1 is 0.952 bits per heavy atom. The maximum atomic E-state index is 14.4. The molecule has 3 amide bonds. The van der Waals surface area contributed by atoms with E-state index in [4.69, 9.17) is 4.74 Å². The van der Waals surface area contributed by atoms with E-state index >= 15 is 0 Å². The van der Waals surface area contributed by atoms with Crippen LogP contribution in [0.2, 0.25) is 0 Å². The van der Waals surface area contributed by atoms with Crippen molar-refractivity contribution in [3.63, 3.8) is 0 Å². The first-order valence-electron chi connectivity index (χ1n) is 14.6. The number of amides is 3. The van der Waals surface area contributed by atoms with E-state index in [9.17, 15) is 19.5 Å². The highest BCUT2D eigenvalue weighted by Gasteiger charge is 2.39. The Kier molecular flexibility index (Phi) is 10.6. The molecular weight excluding hydrogens is 530 g/mol. The van der Waals surface area contributed by atoms with Crippen molar-refractivity contribution in [3.8, 4) is 5.75 Å². The molecular formula is C34H45N3O5. The fourth-order valence-corrected chi connectivity index (χ4v) is 4.88. The van der Waals surface area contributed by atoms with Gasteiger partial charge in [0.15, 0.2) is 0 Å². The second kappa shape index (κ2) is 13.7. The molecule has 3 unspecified atom stereocenters. The Bertz CT molecular complexity index is 1410. The minimum Gasteiger partial charge on any atom is -0.508 e. The van der Waals surface area contributed by atoms with Gasteiger partial charge in [-0.15, -0.1) is 0 Å². The Hall–Kier alpha value is -4.07. The second-order valence-corrected chi connectivity index (χ2v) is 12.3. The second-order valence-electron chi connectivity index (χ2n) is 12.3. The number of phenols is 1. The molecule has 3 rings (SSSR count). The van der Waals surface area contributed by atoms with Crippen molar-refractivity contribution < 1.29 is 24.2 Å². The van der Waals surface area contributed by atoms with Gasteiger partial charge in [-0.1, -0.05) is 57.2 Å². The molecule has 3 atom stereocenters. The number of alkyl carbamates (subject to hydrolysis) is 1. The van der Waals surface area contributed by atoms with E-state index in [2.05, 4.69) is 10.6 Å². The maximum absolute atomic E-state index is 14.4. The lowest BCUT2D eigenvalue weighted by molar-refractivity contribution is -0.143. The highest BCUT2D eigenvalue weighted by atomic mass is 16.6. The zero-order valence-electron chi connectivity index (χ0n) is 26.0. The third-order valence-electron chi connectivity index (χ3n) is 7.10. The van der Waals surface area contributed by atoms with E-state index in [0.29, 0.717) is 29.7 Å². The fraction of sp³-hybridized carbons (Fsp3) is 0.441. The Balaban J connectivity index is 2.08. The van der Waals surface area contributed by atoms with Crippen molar-refractivity contribution in [2.45, 2.75) is 92.0 Å². The van der Waals surface area contributed by atoms with Crippen LogP contribution in [0, 0.1) is 12.8 Å². The summed E-state index contributed by atoms with van der Waals surface area (Å²) in [6.45, 7) is 14.8. The number of nitrogens with one attached hydrogen (secondary N) is 2. The number of aryl methyl sites for hydroxylation is 1. The number of hydrogen-bond acceptors (Lipinski definition) is 5. The summed E-state index contributed by atoms with van der Waals surface area (Å²) in [6.07, 6.45) is 0.241. The number of benzene rings is 3. The minimum atomic E-state index is -1.03. The van der Waals surface area contributed by atoms with Crippen LogP contribution in [0.25, 0.3) is 10.8 Å². The number of phenolic OH excluding ortho intramolecular Hbond substituents is 1. The molecule has 3 aromatic rings. The Morgan fingerprint density at radius 2 is 1.62 bits per heavy atom. The molecule has 0 radical (unpaired) electrons. The number of aromatic hydroxyl groups is 1. The Labute approximate surface area is 249 Å². The van der Waals surface area contributed by atoms with E-state index in [1.165, 1.54) is 6.07 Å². The Morgan fingerprint density at radius 3 is 2.21 bits per heavy atom. The average molecular weight is 576 g/mol. The van der Waals surface area contributed by atoms with Crippen LogP contribution in [0.15, 0.2) is 60.7 Å². The number of carbonyl (C=O) groups excluding carboxylic acids is 3. The zero-order chi connectivity index (χ0) is 31.2. The van der Waals surface area contributed by atoms with Crippen LogP contribution in [0.5, 0.6) is 5.75 Å². The lowest BCUT2D eigenvalue weighted by Gasteiger charge is -2.38. The number of nitrogens with zero attached hydrogens (tertiary/aromatic N) is 1. The largest absolute Gasteiger partial charge is 0.508 e. The minimum absolute atomic E-state index is 0.0773. The van der Waals surface area contributed by atoms with Gasteiger partial charge in [0.25, 0.3) is 5.91 Å². The summed E-state index contributed by atoms with van der Waals surface area (Å²) in [6, 6.07) is 16.1. The molecule has 8 nitrogen and oxygen atoms in total. The molecule has 226 valence electrons. The summed E-state index contributed by atoms with van der Waals surface area (Å²) < 4.78 is 5.47. The molecule has 3 N–H and O–H groups in total. The van der Waals surface area contributed by atoms with Crippen LogP contribution in [-0.4, -0.2) is 45.6 Å². The highest BCUT2D eigenvalue weighted by Crippen LogP contribution is 2.31. The molecule has 3 aromatic carbocycles. The fourth-order valence-electron chi connectivity index (χ4n) is 4.88. The van der Waals surface area contributed by atoms with Crippen molar-refractivity contribution in [1.82, 2.24) is 10.2 Å². The molecule has 0 aliphatic rings. The molecule has 42 heavy (non-hydrogen) atoms. The van der Waals surface area contributed by atoms with Gasteiger partial charge < -0.3 is 25.4 Å². The molecule has 0 fully saturated rings. The van der Waals surface area contributed by atoms with E-state index in [1.807, 2.05) is 70.2 Å². The van der Waals surface area contributed by atoms with Crippen molar-refractivity contribution in [1.29, 1.82) is 0 Å². The van der Waals surface area contributed by atoms with Crippen molar-refractivity contribution >= 4 is 34.4 Å². The number of anilines is 1. The number of hydrogen-bond donors (Lipinski definition) is 3. The van der Waals surface area contributed by atoms with Gasteiger partial charge in [0.1, 0.15) is 23.4 Å². The van der Waals surface area contributed by atoms with E-state index in [0.717, 1.165) is 10.8 Å². The monoisotopic (exact) mass is 575 g/mol. The van der Waals surface area contributed by atoms with Gasteiger partial charge in [0.2, 0.25) is 5.91 Å². The first kappa shape index (κ1) is 32.4. The van der Waals surface area contributed by atoms with Crippen LogP contribution >= 0.6 is 0 Å². The van der Waals surface area contributed by atoms with Crippen LogP contribution in [0.3, 0.4) is 0 Å². The van der Waals surface area contributed by atoms with Crippen LogP contribution in [-0.2, 0) is 14.3 Å². The zero-order valence-corrected chi connectivity index (χ0v) is 26.0. The molecule has 0 saturated heterocycles. The van der Waals surface area contributed by atoms with Crippen molar-refractivity contribution in [3.05, 3.63) is 71.8 Å². The van der Waals surface area contributed by atoms with Crippen LogP contribution in [0.1, 0.15) is 78.5 Å². The molecule has 0 spiro atoms. The van der Waals surface area contributed by atoms with E-state index in [1.54, 1.807) is 44.7 Å². The molecule has 0 saturated carbocycles. The average Bonchev–Trinajstić information content (AvgIpc) is 2.90. The summed E-state index contributed by atoms with van der Waals surface area (Å²) in [7, 11) is 0. The van der Waals surface area contributed by atoms with Gasteiger partial charge in [-0.2, -0.15) is 0 Å². The molecule has 0 aliphatic carbocycles. The predicted octanol–water partition coefficient (Wildman–Crippen LogP) is 7.10. The molecule has 0 bridgehead atoms. The van der Waals surface area contributed by atoms with Gasteiger partial charge in [-0.05, 0) is 99.5 Å². The van der Waals surface area contributed by atoms with Gasteiger partial charge in [-0.25, -0.2) is 4.79 Å². The first-order valence-corrected chi connectivity index (χ1v) is 14.6. The molecule has 0 aromatic heterocycles. The quantitative estimate of drug-likeness (QED) is 0.239. The standard InChI is InChI=1S/C34H45N3O5/c1-9-23(5)37(32(40)28(18-21(2)3)36-33(41)42-34(6,7)8)30(26-15-17-29(38)22(4)19-26)31(39)35-27-16-14-24-12-10-11-13-25(24)20-27/h10-17,19-21,23,28,30,38H,9,18H2,1-8H3,(H,35,39)(H,36,41). The van der Waals surface area contributed by atoms with Crippen molar-refractivity contribution in [2.24, 2.45) is 5.92 Å². The molecule has 8 heteroatoms. The number of ether oxygens (including phenoxy) is 1.